The number of carbonyl (C=O) groups is 1. The highest BCUT2D eigenvalue weighted by Gasteiger charge is 2.18. The molecule has 1 heterocycles. The van der Waals surface area contributed by atoms with E-state index in [9.17, 15) is 4.79 Å². The third-order valence-electron chi connectivity index (χ3n) is 2.92. The van der Waals surface area contributed by atoms with Crippen molar-refractivity contribution in [1.82, 2.24) is 10.3 Å². The molecule has 22 heavy (non-hydrogen) atoms. The van der Waals surface area contributed by atoms with Gasteiger partial charge >= 0.3 is 0 Å². The number of thiazole rings is 1. The van der Waals surface area contributed by atoms with E-state index in [1.165, 1.54) is 11.3 Å². The Labute approximate surface area is 138 Å². The molecule has 0 saturated heterocycles. The quantitative estimate of drug-likeness (QED) is 0.848. The number of benzene rings is 1. The first-order chi connectivity index (χ1) is 10.5. The Bertz CT molecular complexity index is 660. The first kappa shape index (κ1) is 16.7. The van der Waals surface area contributed by atoms with E-state index in [0.29, 0.717) is 29.5 Å². The van der Waals surface area contributed by atoms with Gasteiger partial charge in [0.05, 0.1) is 11.6 Å². The molecule has 1 atom stereocenters. The van der Waals surface area contributed by atoms with Crippen LogP contribution in [-0.2, 0) is 0 Å². The van der Waals surface area contributed by atoms with Crippen LogP contribution in [-0.4, -0.2) is 24.0 Å². The van der Waals surface area contributed by atoms with E-state index in [-0.39, 0.29) is 11.9 Å². The van der Waals surface area contributed by atoms with Crippen LogP contribution in [0.15, 0.2) is 23.6 Å². The smallest absolute Gasteiger partial charge is 0.255 e. The molecule has 2 aromatic rings. The second-order valence-electron chi connectivity index (χ2n) is 4.80. The number of aromatic nitrogens is 1. The zero-order chi connectivity index (χ0) is 16.1. The second kappa shape index (κ2) is 7.58. The third-order valence-corrected chi connectivity index (χ3v) is 4.30. The lowest BCUT2D eigenvalue weighted by atomic mass is 10.1. The minimum absolute atomic E-state index is 0.187. The average Bonchev–Trinajstić information content (AvgIpc) is 2.92. The Morgan fingerprint density at radius 3 is 2.95 bits per heavy atom. The number of nitrogens with one attached hydrogen (secondary N) is 1. The van der Waals surface area contributed by atoms with Gasteiger partial charge in [-0.2, -0.15) is 0 Å². The molecule has 0 fully saturated rings. The van der Waals surface area contributed by atoms with Crippen molar-refractivity contribution < 1.29 is 9.53 Å². The summed E-state index contributed by atoms with van der Waals surface area (Å²) in [4.78, 5) is 16.8. The number of halogens is 1. The molecule has 1 amide bonds. The minimum atomic E-state index is -0.255. The first-order valence-electron chi connectivity index (χ1n) is 6.86. The monoisotopic (exact) mass is 339 g/mol. The Kier molecular flexibility index (Phi) is 5.76. The van der Waals surface area contributed by atoms with Gasteiger partial charge in [-0.3, -0.25) is 4.79 Å². The predicted molar refractivity (Wildman–Crippen MR) is 88.7 cm³/mol. The summed E-state index contributed by atoms with van der Waals surface area (Å²) < 4.78 is 5.50. The van der Waals surface area contributed by atoms with Crippen molar-refractivity contribution in [2.75, 3.05) is 13.2 Å². The Balaban J connectivity index is 2.15. The van der Waals surface area contributed by atoms with E-state index < -0.39 is 0 Å². The van der Waals surface area contributed by atoms with Crippen LogP contribution >= 0.6 is 22.9 Å². The molecule has 0 saturated carbocycles. The lowest BCUT2D eigenvalue weighted by Gasteiger charge is -2.14. The van der Waals surface area contributed by atoms with Crippen LogP contribution in [0.3, 0.4) is 0 Å². The summed E-state index contributed by atoms with van der Waals surface area (Å²) >= 11 is 7.50. The van der Waals surface area contributed by atoms with Crippen LogP contribution in [0.5, 0.6) is 5.75 Å². The summed E-state index contributed by atoms with van der Waals surface area (Å²) in [6.07, 6.45) is 0. The van der Waals surface area contributed by atoms with Gasteiger partial charge in [-0.15, -0.1) is 11.3 Å². The number of ether oxygens (including phenoxy) is 1. The number of carbonyl (C=O) groups excluding carboxylic acids is 1. The van der Waals surface area contributed by atoms with Gasteiger partial charge in [0.2, 0.25) is 0 Å². The maximum atomic E-state index is 12.5. The van der Waals surface area contributed by atoms with Crippen LogP contribution in [0.4, 0.5) is 0 Å². The van der Waals surface area contributed by atoms with Gasteiger partial charge in [0.25, 0.3) is 5.91 Å². The fraction of sp³-hybridized carbons (Fsp3) is 0.333. The highest BCUT2D eigenvalue weighted by atomic mass is 35.5. The molecule has 5 nitrogen and oxygen atoms in total. The maximum Gasteiger partial charge on any atom is 0.255 e. The molecule has 0 aliphatic heterocycles. The van der Waals surface area contributed by atoms with Crippen molar-refractivity contribution in [3.63, 3.8) is 0 Å². The molecule has 0 aliphatic rings. The molecule has 2 rings (SSSR count). The van der Waals surface area contributed by atoms with E-state index in [2.05, 4.69) is 10.3 Å². The van der Waals surface area contributed by atoms with Crippen LogP contribution in [0.2, 0.25) is 5.02 Å². The number of hydrogen-bond acceptors (Lipinski definition) is 5. The molecular weight excluding hydrogens is 322 g/mol. The Morgan fingerprint density at radius 2 is 2.32 bits per heavy atom. The van der Waals surface area contributed by atoms with Gasteiger partial charge in [-0.1, -0.05) is 11.6 Å². The lowest BCUT2D eigenvalue weighted by Crippen LogP contribution is -2.27. The van der Waals surface area contributed by atoms with E-state index >= 15 is 0 Å². The van der Waals surface area contributed by atoms with Crippen LogP contribution in [0.25, 0.3) is 0 Å². The summed E-state index contributed by atoms with van der Waals surface area (Å²) in [5, 5.41) is 6.19. The van der Waals surface area contributed by atoms with Crippen LogP contribution < -0.4 is 15.8 Å². The van der Waals surface area contributed by atoms with Crippen molar-refractivity contribution in [2.45, 2.75) is 19.9 Å². The zero-order valence-corrected chi connectivity index (χ0v) is 14.0. The Hall–Kier alpha value is -1.63. The number of nitrogens with two attached hydrogens (primary N) is 1. The molecular formula is C15H18ClN3O2S. The van der Waals surface area contributed by atoms with E-state index in [1.54, 1.807) is 18.2 Å². The highest BCUT2D eigenvalue weighted by molar-refractivity contribution is 7.09. The fourth-order valence-electron chi connectivity index (χ4n) is 1.88. The second-order valence-corrected chi connectivity index (χ2v) is 6.13. The standard InChI is InChI=1S/C15H18ClN3O2S/c1-9-8-22-15(18-9)10(2)19-14(20)12-7-11(16)3-4-13(12)21-6-5-17/h3-4,7-8,10H,5-6,17H2,1-2H3,(H,19,20)/t10-/m0/s1. The topological polar surface area (TPSA) is 77.2 Å². The van der Waals surface area contributed by atoms with Gasteiger partial charge in [0, 0.05) is 22.6 Å². The third kappa shape index (κ3) is 4.19. The predicted octanol–water partition coefficient (Wildman–Crippen LogP) is 2.93. The summed E-state index contributed by atoms with van der Waals surface area (Å²) in [5.74, 6) is 0.213. The molecule has 118 valence electrons. The van der Waals surface area contributed by atoms with Crippen molar-refractivity contribution >= 4 is 28.8 Å². The average molecular weight is 340 g/mol. The molecule has 0 bridgehead atoms. The number of aryl methyl sites for hydroxylation is 1. The van der Waals surface area contributed by atoms with Crippen LogP contribution in [0, 0.1) is 6.92 Å². The number of rotatable bonds is 6. The molecule has 0 radical (unpaired) electrons. The zero-order valence-electron chi connectivity index (χ0n) is 12.4. The molecule has 1 aromatic carbocycles. The van der Waals surface area contributed by atoms with Gasteiger partial charge in [0.1, 0.15) is 17.4 Å². The summed E-state index contributed by atoms with van der Waals surface area (Å²) in [6.45, 7) is 4.52. The number of hydrogen-bond donors (Lipinski definition) is 2. The van der Waals surface area contributed by atoms with E-state index in [1.807, 2.05) is 19.2 Å². The summed E-state index contributed by atoms with van der Waals surface area (Å²) in [6, 6.07) is 4.75. The number of amides is 1. The molecule has 3 N–H and O–H groups in total. The van der Waals surface area contributed by atoms with Gasteiger partial charge in [-0.25, -0.2) is 4.98 Å². The lowest BCUT2D eigenvalue weighted by molar-refractivity contribution is 0.0936. The highest BCUT2D eigenvalue weighted by Crippen LogP contribution is 2.24. The van der Waals surface area contributed by atoms with Gasteiger partial charge in [0.15, 0.2) is 0 Å². The van der Waals surface area contributed by atoms with E-state index in [0.717, 1.165) is 10.7 Å². The normalized spacial score (nSPS) is 12.0. The molecule has 7 heteroatoms. The largest absolute Gasteiger partial charge is 0.491 e. The molecule has 0 aliphatic carbocycles. The molecule has 0 spiro atoms. The molecule has 1 aromatic heterocycles. The first-order valence-corrected chi connectivity index (χ1v) is 8.12. The minimum Gasteiger partial charge on any atom is -0.491 e. The molecule has 0 unspecified atom stereocenters. The number of nitrogens with zero attached hydrogens (tertiary/aromatic N) is 1. The van der Waals surface area contributed by atoms with Crippen molar-refractivity contribution in [2.24, 2.45) is 5.73 Å². The fourth-order valence-corrected chi connectivity index (χ4v) is 2.86. The van der Waals surface area contributed by atoms with Crippen molar-refractivity contribution in [3.05, 3.63) is 44.9 Å². The van der Waals surface area contributed by atoms with Crippen molar-refractivity contribution in [3.8, 4) is 5.75 Å². The van der Waals surface area contributed by atoms with Gasteiger partial charge < -0.3 is 15.8 Å². The maximum absolute atomic E-state index is 12.5. The summed E-state index contributed by atoms with van der Waals surface area (Å²) in [7, 11) is 0. The van der Waals surface area contributed by atoms with Crippen LogP contribution in [0.1, 0.15) is 34.0 Å². The van der Waals surface area contributed by atoms with Crippen molar-refractivity contribution in [1.29, 1.82) is 0 Å². The van der Waals surface area contributed by atoms with E-state index in [4.69, 9.17) is 22.1 Å². The summed E-state index contributed by atoms with van der Waals surface area (Å²) in [5.41, 5.74) is 6.76. The SMILES string of the molecule is Cc1csc([C@H](C)NC(=O)c2cc(Cl)ccc2OCCN)n1. The Morgan fingerprint density at radius 1 is 1.55 bits per heavy atom. The van der Waals surface area contributed by atoms with Gasteiger partial charge in [-0.05, 0) is 32.0 Å².